The molecule has 0 unspecified atom stereocenters. The second-order valence-corrected chi connectivity index (χ2v) is 4.61. The average molecular weight is 252 g/mol. The smallest absolute Gasteiger partial charge is 0.240 e. The van der Waals surface area contributed by atoms with E-state index in [1.165, 1.54) is 12.1 Å². The summed E-state index contributed by atoms with van der Waals surface area (Å²) < 4.78 is 13.1. The molecule has 0 aliphatic heterocycles. The van der Waals surface area contributed by atoms with E-state index in [1.807, 2.05) is 20.8 Å². The number of carbonyl (C=O) groups excluding carboxylic acids is 1. The van der Waals surface area contributed by atoms with Gasteiger partial charge in [-0.15, -0.1) is 0 Å². The minimum atomic E-state index is -0.846. The molecule has 1 aromatic rings. The predicted molar refractivity (Wildman–Crippen MR) is 70.5 cm³/mol. The minimum Gasteiger partial charge on any atom is -0.348 e. The van der Waals surface area contributed by atoms with E-state index in [9.17, 15) is 9.18 Å². The molecular formula is C14H21FN2O. The van der Waals surface area contributed by atoms with E-state index in [4.69, 9.17) is 5.73 Å². The number of halogens is 1. The lowest BCUT2D eigenvalue weighted by Crippen LogP contribution is -2.53. The Morgan fingerprint density at radius 2 is 2.06 bits per heavy atom. The number of hydrogen-bond acceptors (Lipinski definition) is 2. The molecule has 0 bridgehead atoms. The van der Waals surface area contributed by atoms with Crippen molar-refractivity contribution >= 4 is 5.91 Å². The van der Waals surface area contributed by atoms with Gasteiger partial charge in [0.15, 0.2) is 0 Å². The van der Waals surface area contributed by atoms with E-state index in [0.717, 1.165) is 5.56 Å². The Morgan fingerprint density at radius 3 is 2.56 bits per heavy atom. The van der Waals surface area contributed by atoms with Gasteiger partial charge in [0.25, 0.3) is 0 Å². The van der Waals surface area contributed by atoms with Crippen LogP contribution < -0.4 is 11.1 Å². The number of amides is 1. The zero-order valence-electron chi connectivity index (χ0n) is 11.2. The zero-order valence-corrected chi connectivity index (χ0v) is 11.2. The quantitative estimate of drug-likeness (QED) is 0.846. The van der Waals surface area contributed by atoms with Crippen molar-refractivity contribution in [2.45, 2.75) is 45.2 Å². The van der Waals surface area contributed by atoms with Gasteiger partial charge in [0, 0.05) is 0 Å². The summed E-state index contributed by atoms with van der Waals surface area (Å²) in [6.07, 6.45) is 1.15. The van der Waals surface area contributed by atoms with Crippen LogP contribution in [0.1, 0.15) is 45.2 Å². The van der Waals surface area contributed by atoms with Crippen LogP contribution in [0, 0.1) is 5.82 Å². The first-order chi connectivity index (χ1) is 8.42. The second-order valence-electron chi connectivity index (χ2n) is 4.61. The highest BCUT2D eigenvalue weighted by Crippen LogP contribution is 2.17. The van der Waals surface area contributed by atoms with Gasteiger partial charge in [-0.25, -0.2) is 4.39 Å². The molecule has 18 heavy (non-hydrogen) atoms. The number of rotatable bonds is 5. The first-order valence-corrected chi connectivity index (χ1v) is 6.28. The van der Waals surface area contributed by atoms with Crippen LogP contribution in [0.5, 0.6) is 0 Å². The molecule has 1 amide bonds. The molecule has 0 aromatic heterocycles. The fraction of sp³-hybridized carbons (Fsp3) is 0.500. The van der Waals surface area contributed by atoms with E-state index in [0.29, 0.717) is 12.8 Å². The molecule has 1 rings (SSSR count). The lowest BCUT2D eigenvalue weighted by atomic mass is 9.92. The number of hydrogen-bond donors (Lipinski definition) is 2. The van der Waals surface area contributed by atoms with Crippen LogP contribution >= 0.6 is 0 Å². The van der Waals surface area contributed by atoms with Crippen molar-refractivity contribution < 1.29 is 9.18 Å². The molecule has 0 radical (unpaired) electrons. The minimum absolute atomic E-state index is 0.190. The summed E-state index contributed by atoms with van der Waals surface area (Å²) >= 11 is 0. The summed E-state index contributed by atoms with van der Waals surface area (Å²) in [6.45, 7) is 5.59. The van der Waals surface area contributed by atoms with Gasteiger partial charge in [-0.3, -0.25) is 4.79 Å². The number of nitrogens with two attached hydrogens (primary N) is 1. The second kappa shape index (κ2) is 5.96. The fourth-order valence-electron chi connectivity index (χ4n) is 1.77. The van der Waals surface area contributed by atoms with Crippen molar-refractivity contribution in [3.63, 3.8) is 0 Å². The SMILES string of the molecule is CCC(N)(CC)C(=O)N[C@@H](C)c1cccc(F)c1. The fourth-order valence-corrected chi connectivity index (χ4v) is 1.77. The van der Waals surface area contributed by atoms with Gasteiger partial charge in [0.05, 0.1) is 11.6 Å². The molecule has 0 aliphatic rings. The average Bonchev–Trinajstić information content (AvgIpc) is 2.37. The summed E-state index contributed by atoms with van der Waals surface area (Å²) in [5, 5.41) is 2.84. The normalized spacial score (nSPS) is 13.2. The van der Waals surface area contributed by atoms with Crippen molar-refractivity contribution in [2.24, 2.45) is 5.73 Å². The van der Waals surface area contributed by atoms with E-state index in [1.54, 1.807) is 12.1 Å². The molecule has 100 valence electrons. The summed E-state index contributed by atoms with van der Waals surface area (Å²) in [5.41, 5.74) is 5.90. The number of carbonyl (C=O) groups is 1. The standard InChI is InChI=1S/C14H21FN2O/c1-4-14(16,5-2)13(18)17-10(3)11-7-6-8-12(15)9-11/h6-10H,4-5,16H2,1-3H3,(H,17,18)/t10-/m0/s1. The van der Waals surface area contributed by atoms with Crippen LogP contribution in [-0.2, 0) is 4.79 Å². The van der Waals surface area contributed by atoms with Gasteiger partial charge >= 0.3 is 0 Å². The molecule has 0 saturated carbocycles. The Kier molecular flexibility index (Phi) is 4.84. The maximum Gasteiger partial charge on any atom is 0.240 e. The largest absolute Gasteiger partial charge is 0.348 e. The maximum atomic E-state index is 13.1. The van der Waals surface area contributed by atoms with Gasteiger partial charge in [-0.05, 0) is 37.5 Å². The molecule has 1 aromatic carbocycles. The lowest BCUT2D eigenvalue weighted by molar-refractivity contribution is -0.127. The molecule has 0 saturated heterocycles. The lowest BCUT2D eigenvalue weighted by Gasteiger charge is -2.27. The van der Waals surface area contributed by atoms with Gasteiger partial charge < -0.3 is 11.1 Å². The maximum absolute atomic E-state index is 13.1. The van der Waals surface area contributed by atoms with Gasteiger partial charge in [-0.1, -0.05) is 26.0 Å². The summed E-state index contributed by atoms with van der Waals surface area (Å²) in [4.78, 5) is 12.1. The molecule has 0 heterocycles. The van der Waals surface area contributed by atoms with Crippen LogP contribution in [0.3, 0.4) is 0 Å². The van der Waals surface area contributed by atoms with E-state index in [2.05, 4.69) is 5.32 Å². The monoisotopic (exact) mass is 252 g/mol. The Bertz CT molecular complexity index is 416. The predicted octanol–water partition coefficient (Wildman–Crippen LogP) is 2.52. The topological polar surface area (TPSA) is 55.1 Å². The third-order valence-electron chi connectivity index (χ3n) is 3.41. The Hall–Kier alpha value is -1.42. The van der Waals surface area contributed by atoms with Crippen LogP contribution in [0.2, 0.25) is 0 Å². The van der Waals surface area contributed by atoms with Crippen molar-refractivity contribution in [1.29, 1.82) is 0 Å². The molecule has 0 spiro atoms. The third-order valence-corrected chi connectivity index (χ3v) is 3.41. The molecule has 1 atom stereocenters. The highest BCUT2D eigenvalue weighted by Gasteiger charge is 2.30. The van der Waals surface area contributed by atoms with Crippen LogP contribution in [0.25, 0.3) is 0 Å². The highest BCUT2D eigenvalue weighted by atomic mass is 19.1. The highest BCUT2D eigenvalue weighted by molar-refractivity contribution is 5.86. The van der Waals surface area contributed by atoms with Crippen molar-refractivity contribution in [3.05, 3.63) is 35.6 Å². The first-order valence-electron chi connectivity index (χ1n) is 6.28. The molecule has 0 aliphatic carbocycles. The number of benzene rings is 1. The van der Waals surface area contributed by atoms with Crippen molar-refractivity contribution in [2.75, 3.05) is 0 Å². The van der Waals surface area contributed by atoms with E-state index >= 15 is 0 Å². The Morgan fingerprint density at radius 1 is 1.44 bits per heavy atom. The van der Waals surface area contributed by atoms with Crippen molar-refractivity contribution in [1.82, 2.24) is 5.32 Å². The van der Waals surface area contributed by atoms with Gasteiger partial charge in [0.2, 0.25) is 5.91 Å². The van der Waals surface area contributed by atoms with Crippen LogP contribution in [-0.4, -0.2) is 11.4 Å². The summed E-state index contributed by atoms with van der Waals surface area (Å²) in [5.74, 6) is -0.497. The molecule has 4 heteroatoms. The summed E-state index contributed by atoms with van der Waals surface area (Å²) in [6, 6.07) is 5.95. The molecule has 3 nitrogen and oxygen atoms in total. The first kappa shape index (κ1) is 14.6. The summed E-state index contributed by atoms with van der Waals surface area (Å²) in [7, 11) is 0. The van der Waals surface area contributed by atoms with Crippen LogP contribution in [0.15, 0.2) is 24.3 Å². The van der Waals surface area contributed by atoms with Crippen LogP contribution in [0.4, 0.5) is 4.39 Å². The Labute approximate surface area is 108 Å². The molecule has 0 fully saturated rings. The van der Waals surface area contributed by atoms with Gasteiger partial charge in [0.1, 0.15) is 5.82 Å². The molecule has 3 N–H and O–H groups in total. The van der Waals surface area contributed by atoms with E-state index < -0.39 is 5.54 Å². The number of nitrogens with one attached hydrogen (secondary N) is 1. The third kappa shape index (κ3) is 3.29. The van der Waals surface area contributed by atoms with Crippen molar-refractivity contribution in [3.8, 4) is 0 Å². The van der Waals surface area contributed by atoms with E-state index in [-0.39, 0.29) is 17.8 Å². The Balaban J connectivity index is 2.76. The molecular weight excluding hydrogens is 231 g/mol. The van der Waals surface area contributed by atoms with Gasteiger partial charge in [-0.2, -0.15) is 0 Å². The zero-order chi connectivity index (χ0) is 13.8.